The number of likely N-dealkylation sites (N-methyl/N-ethyl adjacent to an activating group) is 1. The first kappa shape index (κ1) is 16.9. The normalized spacial score (nSPS) is 10.6. The number of aromatic nitrogens is 1. The Bertz CT molecular complexity index is 616. The van der Waals surface area contributed by atoms with Gasteiger partial charge in [0.2, 0.25) is 0 Å². The van der Waals surface area contributed by atoms with Gasteiger partial charge in [-0.15, -0.1) is 0 Å². The molecule has 0 spiro atoms. The van der Waals surface area contributed by atoms with E-state index in [0.717, 1.165) is 12.1 Å². The number of benzene rings is 1. The van der Waals surface area contributed by atoms with E-state index < -0.39 is 0 Å². The van der Waals surface area contributed by atoms with Gasteiger partial charge in [-0.2, -0.15) is 0 Å². The third kappa shape index (κ3) is 5.67. The van der Waals surface area contributed by atoms with Gasteiger partial charge in [-0.1, -0.05) is 6.07 Å². The van der Waals surface area contributed by atoms with E-state index in [9.17, 15) is 9.18 Å². The average Bonchev–Trinajstić information content (AvgIpc) is 2.54. The van der Waals surface area contributed by atoms with Gasteiger partial charge in [0.05, 0.1) is 0 Å². The summed E-state index contributed by atoms with van der Waals surface area (Å²) in [7, 11) is 3.92. The molecule has 1 heterocycles. The zero-order valence-corrected chi connectivity index (χ0v) is 13.4. The van der Waals surface area contributed by atoms with E-state index in [1.807, 2.05) is 31.1 Å². The van der Waals surface area contributed by atoms with Crippen molar-refractivity contribution in [3.8, 4) is 0 Å². The molecule has 1 aromatic heterocycles. The number of halogens is 1. The minimum Gasteiger partial charge on any atom is -0.319 e. The van der Waals surface area contributed by atoms with Gasteiger partial charge in [-0.05, 0) is 50.0 Å². The fraction of sp³-hybridized carbons (Fsp3) is 0.294. The van der Waals surface area contributed by atoms with Gasteiger partial charge in [0, 0.05) is 37.7 Å². The highest BCUT2D eigenvalue weighted by Crippen LogP contribution is 2.11. The van der Waals surface area contributed by atoms with Crippen molar-refractivity contribution < 1.29 is 9.18 Å². The van der Waals surface area contributed by atoms with E-state index in [1.165, 1.54) is 12.1 Å². The number of amides is 2. The van der Waals surface area contributed by atoms with Crippen LogP contribution in [0.3, 0.4) is 0 Å². The van der Waals surface area contributed by atoms with Crippen molar-refractivity contribution in [3.05, 3.63) is 60.2 Å². The molecule has 1 aromatic carbocycles. The van der Waals surface area contributed by atoms with Crippen molar-refractivity contribution in [2.75, 3.05) is 32.5 Å². The summed E-state index contributed by atoms with van der Waals surface area (Å²) >= 11 is 0. The second-order valence-corrected chi connectivity index (χ2v) is 5.52. The van der Waals surface area contributed by atoms with Crippen molar-refractivity contribution in [2.45, 2.75) is 6.54 Å². The molecule has 2 aromatic rings. The third-order valence-corrected chi connectivity index (χ3v) is 3.30. The number of carbonyl (C=O) groups excluding carboxylic acids is 1. The molecule has 122 valence electrons. The maximum absolute atomic E-state index is 12.9. The monoisotopic (exact) mass is 316 g/mol. The highest BCUT2D eigenvalue weighted by Gasteiger charge is 2.14. The van der Waals surface area contributed by atoms with Crippen LogP contribution in [0, 0.1) is 5.82 Å². The zero-order valence-electron chi connectivity index (χ0n) is 13.4. The molecule has 1 N–H and O–H groups in total. The van der Waals surface area contributed by atoms with Crippen LogP contribution in [0.4, 0.5) is 14.9 Å². The summed E-state index contributed by atoms with van der Waals surface area (Å²) in [6.45, 7) is 1.79. The maximum atomic E-state index is 12.9. The maximum Gasteiger partial charge on any atom is 0.322 e. The molecular weight excluding hydrogens is 295 g/mol. The van der Waals surface area contributed by atoms with Crippen LogP contribution in [0.25, 0.3) is 0 Å². The Balaban J connectivity index is 2.05. The molecule has 0 fully saturated rings. The number of pyridine rings is 1. The number of nitrogens with zero attached hydrogens (tertiary/aromatic N) is 3. The molecule has 0 aliphatic rings. The molecule has 2 rings (SSSR count). The molecule has 0 bridgehead atoms. The lowest BCUT2D eigenvalue weighted by Crippen LogP contribution is -2.39. The topological polar surface area (TPSA) is 48.5 Å². The van der Waals surface area contributed by atoms with Crippen molar-refractivity contribution in [3.63, 3.8) is 0 Å². The number of nitrogens with one attached hydrogen (secondary N) is 1. The highest BCUT2D eigenvalue weighted by atomic mass is 19.1. The lowest BCUT2D eigenvalue weighted by atomic mass is 10.2. The molecule has 0 aliphatic heterocycles. The summed E-state index contributed by atoms with van der Waals surface area (Å²) in [5, 5.41) is 2.79. The zero-order chi connectivity index (χ0) is 16.7. The number of urea groups is 1. The van der Waals surface area contributed by atoms with Gasteiger partial charge >= 0.3 is 6.03 Å². The molecule has 0 saturated heterocycles. The fourth-order valence-electron chi connectivity index (χ4n) is 2.02. The van der Waals surface area contributed by atoms with E-state index in [0.29, 0.717) is 18.8 Å². The Kier molecular flexibility index (Phi) is 6.05. The van der Waals surface area contributed by atoms with Crippen molar-refractivity contribution in [1.82, 2.24) is 14.8 Å². The minimum absolute atomic E-state index is 0.220. The quantitative estimate of drug-likeness (QED) is 0.891. The van der Waals surface area contributed by atoms with Gasteiger partial charge in [-0.3, -0.25) is 4.98 Å². The van der Waals surface area contributed by atoms with Crippen LogP contribution in [0.1, 0.15) is 5.56 Å². The summed E-state index contributed by atoms with van der Waals surface area (Å²) in [4.78, 5) is 20.3. The molecule has 0 radical (unpaired) electrons. The SMILES string of the molecule is CN(C)CCN(Cc1cccnc1)C(=O)Nc1ccc(F)cc1. The molecule has 0 unspecified atom stereocenters. The largest absolute Gasteiger partial charge is 0.322 e. The van der Waals surface area contributed by atoms with E-state index in [1.54, 1.807) is 29.4 Å². The molecule has 23 heavy (non-hydrogen) atoms. The lowest BCUT2D eigenvalue weighted by Gasteiger charge is -2.24. The summed E-state index contributed by atoms with van der Waals surface area (Å²) in [6, 6.07) is 9.28. The number of rotatable bonds is 6. The molecule has 0 aliphatic carbocycles. The Morgan fingerprint density at radius 2 is 1.91 bits per heavy atom. The molecule has 0 saturated carbocycles. The molecule has 2 amide bonds. The summed E-state index contributed by atoms with van der Waals surface area (Å²) in [5.41, 5.74) is 1.53. The summed E-state index contributed by atoms with van der Waals surface area (Å²) in [5.74, 6) is -0.331. The molecular formula is C17H21FN4O. The van der Waals surface area contributed by atoms with Gasteiger partial charge < -0.3 is 15.1 Å². The van der Waals surface area contributed by atoms with Crippen molar-refractivity contribution >= 4 is 11.7 Å². The Labute approximate surface area is 135 Å². The summed E-state index contributed by atoms with van der Waals surface area (Å²) in [6.07, 6.45) is 3.44. The number of hydrogen-bond acceptors (Lipinski definition) is 3. The summed E-state index contributed by atoms with van der Waals surface area (Å²) < 4.78 is 12.9. The van der Waals surface area contributed by atoms with Gasteiger partial charge in [0.25, 0.3) is 0 Å². The first-order chi connectivity index (χ1) is 11.0. The second kappa shape index (κ2) is 8.24. The van der Waals surface area contributed by atoms with Crippen molar-refractivity contribution in [1.29, 1.82) is 0 Å². The van der Waals surface area contributed by atoms with E-state index in [4.69, 9.17) is 0 Å². The number of carbonyl (C=O) groups is 1. The van der Waals surface area contributed by atoms with Crippen LogP contribution in [0.2, 0.25) is 0 Å². The molecule has 6 heteroatoms. The Morgan fingerprint density at radius 1 is 1.17 bits per heavy atom. The van der Waals surface area contributed by atoms with E-state index in [-0.39, 0.29) is 11.8 Å². The van der Waals surface area contributed by atoms with Crippen LogP contribution in [0.15, 0.2) is 48.8 Å². The van der Waals surface area contributed by atoms with E-state index in [2.05, 4.69) is 10.3 Å². The first-order valence-corrected chi connectivity index (χ1v) is 7.40. The second-order valence-electron chi connectivity index (χ2n) is 5.52. The van der Waals surface area contributed by atoms with Gasteiger partial charge in [0.1, 0.15) is 5.82 Å². The Hall–Kier alpha value is -2.47. The first-order valence-electron chi connectivity index (χ1n) is 7.40. The number of anilines is 1. The lowest BCUT2D eigenvalue weighted by molar-refractivity contribution is 0.202. The predicted molar refractivity (Wildman–Crippen MR) is 88.6 cm³/mol. The minimum atomic E-state index is -0.331. The van der Waals surface area contributed by atoms with E-state index >= 15 is 0 Å². The Morgan fingerprint density at radius 3 is 2.52 bits per heavy atom. The smallest absolute Gasteiger partial charge is 0.319 e. The highest BCUT2D eigenvalue weighted by molar-refractivity contribution is 5.89. The molecule has 5 nitrogen and oxygen atoms in total. The van der Waals surface area contributed by atoms with Crippen molar-refractivity contribution in [2.24, 2.45) is 0 Å². The third-order valence-electron chi connectivity index (χ3n) is 3.30. The number of hydrogen-bond donors (Lipinski definition) is 1. The predicted octanol–water partition coefficient (Wildman–Crippen LogP) is 2.82. The van der Waals surface area contributed by atoms with Crippen LogP contribution in [0.5, 0.6) is 0 Å². The van der Waals surface area contributed by atoms with Crippen LogP contribution in [-0.2, 0) is 6.54 Å². The molecule has 0 atom stereocenters. The van der Waals surface area contributed by atoms with Gasteiger partial charge in [-0.25, -0.2) is 9.18 Å². The van der Waals surface area contributed by atoms with Crippen LogP contribution in [-0.4, -0.2) is 48.0 Å². The average molecular weight is 316 g/mol. The van der Waals surface area contributed by atoms with Gasteiger partial charge in [0.15, 0.2) is 0 Å². The fourth-order valence-corrected chi connectivity index (χ4v) is 2.02. The van der Waals surface area contributed by atoms with Crippen LogP contribution < -0.4 is 5.32 Å². The van der Waals surface area contributed by atoms with Crippen LogP contribution >= 0.6 is 0 Å². The standard InChI is InChI=1S/C17H21FN4O/c1-21(2)10-11-22(13-14-4-3-9-19-12-14)17(23)20-16-7-5-15(18)6-8-16/h3-9,12H,10-11,13H2,1-2H3,(H,20,23).